The number of carbonyl (C=O) groups excluding carboxylic acids is 1. The molecule has 3 atom stereocenters. The van der Waals surface area contributed by atoms with Gasteiger partial charge in [0.05, 0.1) is 17.9 Å². The van der Waals surface area contributed by atoms with Gasteiger partial charge in [-0.25, -0.2) is 0 Å². The van der Waals surface area contributed by atoms with Crippen LogP contribution in [0.5, 0.6) is 0 Å². The zero-order valence-electron chi connectivity index (χ0n) is 9.58. The summed E-state index contributed by atoms with van der Waals surface area (Å²) in [6.45, 7) is 0.873. The molecule has 1 fully saturated rings. The molecule has 0 aromatic rings. The Labute approximate surface area is 99.7 Å². The Balaban J connectivity index is 2.07. The highest BCUT2D eigenvalue weighted by Gasteiger charge is 2.38. The van der Waals surface area contributed by atoms with E-state index in [2.05, 4.69) is 0 Å². The third kappa shape index (κ3) is 2.49. The van der Waals surface area contributed by atoms with Crippen molar-refractivity contribution in [1.29, 1.82) is 0 Å². The molecular formula is C12H17NO4. The van der Waals surface area contributed by atoms with Crippen molar-refractivity contribution >= 4 is 11.9 Å². The van der Waals surface area contributed by atoms with Gasteiger partial charge in [0, 0.05) is 13.1 Å². The maximum absolute atomic E-state index is 12.2. The lowest BCUT2D eigenvalue weighted by Crippen LogP contribution is -2.41. The van der Waals surface area contributed by atoms with Crippen LogP contribution in [0, 0.1) is 11.8 Å². The van der Waals surface area contributed by atoms with Crippen molar-refractivity contribution in [3.63, 3.8) is 0 Å². The van der Waals surface area contributed by atoms with Gasteiger partial charge in [-0.3, -0.25) is 9.59 Å². The van der Waals surface area contributed by atoms with E-state index < -0.39 is 23.9 Å². The van der Waals surface area contributed by atoms with E-state index in [9.17, 15) is 14.7 Å². The van der Waals surface area contributed by atoms with Gasteiger partial charge in [-0.05, 0) is 19.3 Å². The van der Waals surface area contributed by atoms with Crippen molar-refractivity contribution in [2.75, 3.05) is 13.1 Å². The van der Waals surface area contributed by atoms with Crippen molar-refractivity contribution in [1.82, 2.24) is 4.90 Å². The minimum atomic E-state index is -0.910. The summed E-state index contributed by atoms with van der Waals surface area (Å²) in [7, 11) is 0. The van der Waals surface area contributed by atoms with Crippen LogP contribution in [-0.2, 0) is 9.59 Å². The Hall–Kier alpha value is -1.36. The summed E-state index contributed by atoms with van der Waals surface area (Å²) in [6.07, 6.45) is 4.73. The molecule has 94 valence electrons. The molecule has 2 N–H and O–H groups in total. The molecule has 1 heterocycles. The first-order valence-corrected chi connectivity index (χ1v) is 5.94. The lowest BCUT2D eigenvalue weighted by molar-refractivity contribution is -0.150. The van der Waals surface area contributed by atoms with Crippen LogP contribution < -0.4 is 0 Å². The molecule has 0 aromatic heterocycles. The molecule has 2 aliphatic rings. The van der Waals surface area contributed by atoms with E-state index in [4.69, 9.17) is 5.11 Å². The van der Waals surface area contributed by atoms with Crippen LogP contribution >= 0.6 is 0 Å². The molecule has 0 bridgehead atoms. The number of amides is 1. The second kappa shape index (κ2) is 4.87. The zero-order valence-corrected chi connectivity index (χ0v) is 9.58. The number of β-amino-alcohol motifs (C(OH)–C–C–N with tert-alkyl or cyclic N) is 1. The molecule has 1 saturated heterocycles. The Morgan fingerprint density at radius 2 is 1.82 bits per heavy atom. The monoisotopic (exact) mass is 239 g/mol. The summed E-state index contributed by atoms with van der Waals surface area (Å²) >= 11 is 0. The van der Waals surface area contributed by atoms with Gasteiger partial charge >= 0.3 is 5.97 Å². The second-order valence-corrected chi connectivity index (χ2v) is 4.72. The topological polar surface area (TPSA) is 77.8 Å². The number of hydrogen-bond acceptors (Lipinski definition) is 3. The number of allylic oxidation sites excluding steroid dienone is 2. The number of aliphatic carboxylic acids is 1. The standard InChI is InChI=1S/C12H17NO4/c14-8-5-6-13(7-8)11(15)9-3-1-2-4-10(9)12(16)17/h1-2,8-10,14H,3-7H2,(H,16,17)/t8-,9?,10?/m0/s1. The molecule has 2 rings (SSSR count). The summed E-state index contributed by atoms with van der Waals surface area (Å²) < 4.78 is 0. The normalized spacial score (nSPS) is 32.8. The highest BCUT2D eigenvalue weighted by Crippen LogP contribution is 2.28. The first-order chi connectivity index (χ1) is 8.09. The predicted octanol–water partition coefficient (Wildman–Crippen LogP) is 0.247. The number of rotatable bonds is 2. The number of carboxylic acids is 1. The first-order valence-electron chi connectivity index (χ1n) is 5.94. The maximum Gasteiger partial charge on any atom is 0.307 e. The zero-order chi connectivity index (χ0) is 12.4. The van der Waals surface area contributed by atoms with Crippen LogP contribution in [-0.4, -0.2) is 46.2 Å². The van der Waals surface area contributed by atoms with E-state index in [0.29, 0.717) is 32.4 Å². The minimum absolute atomic E-state index is 0.127. The van der Waals surface area contributed by atoms with Crippen LogP contribution in [0.3, 0.4) is 0 Å². The molecule has 5 heteroatoms. The third-order valence-corrected chi connectivity index (χ3v) is 3.54. The number of carboxylic acid groups (broad SMARTS) is 1. The van der Waals surface area contributed by atoms with Gasteiger partial charge in [0.25, 0.3) is 0 Å². The van der Waals surface area contributed by atoms with Crippen LogP contribution in [0.2, 0.25) is 0 Å². The van der Waals surface area contributed by atoms with Crippen LogP contribution in [0.4, 0.5) is 0 Å². The SMILES string of the molecule is O=C(O)C1CC=CCC1C(=O)N1CC[C@H](O)C1. The van der Waals surface area contributed by atoms with Crippen molar-refractivity contribution < 1.29 is 19.8 Å². The average Bonchev–Trinajstić information content (AvgIpc) is 2.75. The lowest BCUT2D eigenvalue weighted by Gasteiger charge is -2.28. The smallest absolute Gasteiger partial charge is 0.307 e. The molecule has 0 saturated carbocycles. The third-order valence-electron chi connectivity index (χ3n) is 3.54. The summed E-state index contributed by atoms with van der Waals surface area (Å²) in [5.74, 6) is -2.13. The van der Waals surface area contributed by atoms with Gasteiger partial charge in [0.2, 0.25) is 5.91 Å². The number of aliphatic hydroxyl groups is 1. The Bertz CT molecular complexity index is 352. The van der Waals surface area contributed by atoms with Gasteiger partial charge in [0.1, 0.15) is 0 Å². The summed E-state index contributed by atoms with van der Waals surface area (Å²) in [6, 6.07) is 0. The fourth-order valence-electron chi connectivity index (χ4n) is 2.54. The van der Waals surface area contributed by atoms with Crippen LogP contribution in [0.25, 0.3) is 0 Å². The van der Waals surface area contributed by atoms with Gasteiger partial charge in [0.15, 0.2) is 0 Å². The van der Waals surface area contributed by atoms with E-state index >= 15 is 0 Å². The Morgan fingerprint density at radius 3 is 2.35 bits per heavy atom. The highest BCUT2D eigenvalue weighted by atomic mass is 16.4. The highest BCUT2D eigenvalue weighted by molar-refractivity contribution is 5.85. The molecular weight excluding hydrogens is 222 g/mol. The number of nitrogens with zero attached hydrogens (tertiary/aromatic N) is 1. The van der Waals surface area contributed by atoms with E-state index in [1.807, 2.05) is 12.2 Å². The van der Waals surface area contributed by atoms with E-state index in [1.54, 1.807) is 4.90 Å². The molecule has 1 aliphatic carbocycles. The van der Waals surface area contributed by atoms with E-state index in [0.717, 1.165) is 0 Å². The van der Waals surface area contributed by atoms with Crippen molar-refractivity contribution in [2.24, 2.45) is 11.8 Å². The number of carbonyl (C=O) groups is 2. The van der Waals surface area contributed by atoms with Gasteiger partial charge < -0.3 is 15.1 Å². The molecule has 2 unspecified atom stereocenters. The summed E-state index contributed by atoms with van der Waals surface area (Å²) in [4.78, 5) is 24.9. The maximum atomic E-state index is 12.2. The Morgan fingerprint density at radius 1 is 1.18 bits per heavy atom. The van der Waals surface area contributed by atoms with Crippen molar-refractivity contribution in [3.05, 3.63) is 12.2 Å². The molecule has 1 aliphatic heterocycles. The van der Waals surface area contributed by atoms with Crippen LogP contribution in [0.1, 0.15) is 19.3 Å². The molecule has 5 nitrogen and oxygen atoms in total. The van der Waals surface area contributed by atoms with E-state index in [1.165, 1.54) is 0 Å². The predicted molar refractivity (Wildman–Crippen MR) is 60.2 cm³/mol. The van der Waals surface area contributed by atoms with Gasteiger partial charge in [-0.1, -0.05) is 12.2 Å². The molecule has 0 radical (unpaired) electrons. The van der Waals surface area contributed by atoms with Gasteiger partial charge in [-0.15, -0.1) is 0 Å². The molecule has 1 amide bonds. The van der Waals surface area contributed by atoms with Crippen LogP contribution in [0.15, 0.2) is 12.2 Å². The van der Waals surface area contributed by atoms with Crippen molar-refractivity contribution in [3.8, 4) is 0 Å². The van der Waals surface area contributed by atoms with Gasteiger partial charge in [-0.2, -0.15) is 0 Å². The molecule has 0 aromatic carbocycles. The number of likely N-dealkylation sites (tertiary alicyclic amines) is 1. The number of hydrogen-bond donors (Lipinski definition) is 2. The van der Waals surface area contributed by atoms with Crippen molar-refractivity contribution in [2.45, 2.75) is 25.4 Å². The fraction of sp³-hybridized carbons (Fsp3) is 0.667. The molecule has 0 spiro atoms. The summed E-state index contributed by atoms with van der Waals surface area (Å²) in [5, 5.41) is 18.5. The Kier molecular flexibility index (Phi) is 3.47. The quantitative estimate of drug-likeness (QED) is 0.677. The largest absolute Gasteiger partial charge is 0.481 e. The molecule has 17 heavy (non-hydrogen) atoms. The lowest BCUT2D eigenvalue weighted by atomic mass is 9.82. The first kappa shape index (κ1) is 12.1. The number of aliphatic hydroxyl groups excluding tert-OH is 1. The average molecular weight is 239 g/mol. The summed E-state index contributed by atoms with van der Waals surface area (Å²) in [5.41, 5.74) is 0. The minimum Gasteiger partial charge on any atom is -0.481 e. The fourth-order valence-corrected chi connectivity index (χ4v) is 2.54. The second-order valence-electron chi connectivity index (χ2n) is 4.72. The van der Waals surface area contributed by atoms with E-state index in [-0.39, 0.29) is 5.91 Å².